The monoisotopic (exact) mass is 464 g/mol. The molecule has 0 N–H and O–H groups in total. The molecule has 3 heterocycles. The predicted molar refractivity (Wildman–Crippen MR) is 142 cm³/mol. The van der Waals surface area contributed by atoms with E-state index in [0.717, 1.165) is 43.7 Å². The zero-order valence-electron chi connectivity index (χ0n) is 19.7. The number of hydrogen-bond acceptors (Lipinski definition) is 5. The first kappa shape index (κ1) is 21.5. The van der Waals surface area contributed by atoms with Crippen LogP contribution in [-0.4, -0.2) is 28.3 Å². The average molecular weight is 464 g/mol. The Morgan fingerprint density at radius 3 is 2.06 bits per heavy atom. The minimum atomic E-state index is -0.386. The number of nitrogens with zero attached hydrogens (tertiary/aromatic N) is 2. The van der Waals surface area contributed by atoms with Gasteiger partial charge < -0.3 is 9.31 Å². The van der Waals surface area contributed by atoms with Gasteiger partial charge in [0.2, 0.25) is 0 Å². The molecule has 0 unspecified atom stereocenters. The fourth-order valence-electron chi connectivity index (χ4n) is 4.28. The molecule has 6 heteroatoms. The first-order chi connectivity index (χ1) is 16.3. The molecule has 0 bridgehead atoms. The second-order valence-electron chi connectivity index (χ2n) is 9.75. The molecule has 4 nitrogen and oxygen atoms in total. The highest BCUT2D eigenvalue weighted by molar-refractivity contribution is 7.26. The van der Waals surface area contributed by atoms with Gasteiger partial charge in [-0.3, -0.25) is 0 Å². The second kappa shape index (κ2) is 7.74. The molecular weight excluding hydrogens is 439 g/mol. The van der Waals surface area contributed by atoms with Gasteiger partial charge in [-0.1, -0.05) is 72.8 Å². The van der Waals surface area contributed by atoms with Gasteiger partial charge in [0, 0.05) is 21.2 Å². The molecule has 3 aromatic carbocycles. The van der Waals surface area contributed by atoms with Crippen LogP contribution in [0.2, 0.25) is 0 Å². The number of rotatable bonds is 3. The molecule has 0 saturated carbocycles. The van der Waals surface area contributed by atoms with Gasteiger partial charge in [-0.25, -0.2) is 9.97 Å². The molecule has 168 valence electrons. The molecule has 1 saturated heterocycles. The fourth-order valence-corrected chi connectivity index (χ4v) is 5.43. The summed E-state index contributed by atoms with van der Waals surface area (Å²) in [7, 11) is -0.386. The van der Waals surface area contributed by atoms with Gasteiger partial charge in [0.1, 0.15) is 0 Å². The van der Waals surface area contributed by atoms with Crippen molar-refractivity contribution >= 4 is 44.2 Å². The molecule has 0 atom stereocenters. The Labute approximate surface area is 203 Å². The Morgan fingerprint density at radius 2 is 1.35 bits per heavy atom. The number of hydrogen-bond donors (Lipinski definition) is 0. The number of benzene rings is 3. The Kier molecular flexibility index (Phi) is 4.89. The summed E-state index contributed by atoms with van der Waals surface area (Å²) in [5.74, 6) is 0.718. The standard InChI is InChI=1S/C28H25BN2O2S/c1-27(2)28(3,4)33-29(32-27)20-16-14-19(15-17-20)26-30-23(18-10-6-5-7-11-18)25-24(31-26)21-12-8-9-13-22(21)34-25/h5-17H,1-4H3. The van der Waals surface area contributed by atoms with E-state index in [-0.39, 0.29) is 18.3 Å². The van der Waals surface area contributed by atoms with E-state index in [1.54, 1.807) is 11.3 Å². The molecule has 5 aromatic rings. The van der Waals surface area contributed by atoms with Crippen LogP contribution in [0.5, 0.6) is 0 Å². The van der Waals surface area contributed by atoms with Gasteiger partial charge in [0.25, 0.3) is 0 Å². The quantitative estimate of drug-likeness (QED) is 0.287. The topological polar surface area (TPSA) is 44.2 Å². The summed E-state index contributed by atoms with van der Waals surface area (Å²) in [6.45, 7) is 8.28. The molecule has 6 rings (SSSR count). The van der Waals surface area contributed by atoms with Gasteiger partial charge in [-0.15, -0.1) is 11.3 Å². The van der Waals surface area contributed by atoms with Crippen LogP contribution in [0.3, 0.4) is 0 Å². The lowest BCUT2D eigenvalue weighted by molar-refractivity contribution is 0.00578. The SMILES string of the molecule is CC1(C)OB(c2ccc(-c3nc(-c4ccccc4)c4sc5ccccc5c4n3)cc2)OC1(C)C. The maximum Gasteiger partial charge on any atom is 0.494 e. The Morgan fingerprint density at radius 1 is 0.706 bits per heavy atom. The van der Waals surface area contributed by atoms with Crippen molar-refractivity contribution in [3.63, 3.8) is 0 Å². The lowest BCUT2D eigenvalue weighted by Crippen LogP contribution is -2.41. The molecular formula is C28H25BN2O2S. The van der Waals surface area contributed by atoms with Crippen LogP contribution >= 0.6 is 11.3 Å². The van der Waals surface area contributed by atoms with E-state index < -0.39 is 0 Å². The second-order valence-corrected chi connectivity index (χ2v) is 10.8. The molecule has 0 spiro atoms. The molecule has 0 radical (unpaired) electrons. The number of fused-ring (bicyclic) bond motifs is 3. The van der Waals surface area contributed by atoms with Gasteiger partial charge in [0.15, 0.2) is 5.82 Å². The maximum atomic E-state index is 6.22. The van der Waals surface area contributed by atoms with Crippen LogP contribution in [0, 0.1) is 0 Å². The van der Waals surface area contributed by atoms with E-state index in [4.69, 9.17) is 19.3 Å². The van der Waals surface area contributed by atoms with E-state index in [0.29, 0.717) is 0 Å². The zero-order valence-corrected chi connectivity index (χ0v) is 20.5. The summed E-state index contributed by atoms with van der Waals surface area (Å²) < 4.78 is 14.8. The van der Waals surface area contributed by atoms with Crippen LogP contribution in [0.4, 0.5) is 0 Å². The van der Waals surface area contributed by atoms with Crippen LogP contribution in [0.1, 0.15) is 27.7 Å². The molecule has 1 aliphatic heterocycles. The molecule has 1 fully saturated rings. The zero-order chi connectivity index (χ0) is 23.5. The van der Waals surface area contributed by atoms with Crippen molar-refractivity contribution in [1.82, 2.24) is 9.97 Å². The fraction of sp³-hybridized carbons (Fsp3) is 0.214. The van der Waals surface area contributed by atoms with Crippen molar-refractivity contribution in [2.24, 2.45) is 0 Å². The van der Waals surface area contributed by atoms with Gasteiger partial charge in [0.05, 0.1) is 27.1 Å². The van der Waals surface area contributed by atoms with Crippen LogP contribution < -0.4 is 5.46 Å². The third kappa shape index (κ3) is 3.45. The highest BCUT2D eigenvalue weighted by Gasteiger charge is 2.51. The van der Waals surface area contributed by atoms with E-state index in [1.165, 1.54) is 4.70 Å². The van der Waals surface area contributed by atoms with Crippen molar-refractivity contribution in [3.8, 4) is 22.6 Å². The normalized spacial score (nSPS) is 17.0. The van der Waals surface area contributed by atoms with Crippen molar-refractivity contribution in [2.45, 2.75) is 38.9 Å². The largest absolute Gasteiger partial charge is 0.494 e. The average Bonchev–Trinajstić information content (AvgIpc) is 3.32. The smallest absolute Gasteiger partial charge is 0.399 e. The van der Waals surface area contributed by atoms with E-state index in [2.05, 4.69) is 100 Å². The number of aromatic nitrogens is 2. The van der Waals surface area contributed by atoms with E-state index in [1.807, 2.05) is 6.07 Å². The summed E-state index contributed by atoms with van der Waals surface area (Å²) in [6, 6.07) is 27.0. The Bertz CT molecular complexity index is 1490. The lowest BCUT2D eigenvalue weighted by Gasteiger charge is -2.32. The first-order valence-corrected chi connectivity index (χ1v) is 12.3. The molecule has 0 aliphatic carbocycles. The van der Waals surface area contributed by atoms with Gasteiger partial charge in [-0.2, -0.15) is 0 Å². The van der Waals surface area contributed by atoms with Crippen molar-refractivity contribution in [1.29, 1.82) is 0 Å². The number of thiophene rings is 1. The van der Waals surface area contributed by atoms with Crippen LogP contribution in [0.25, 0.3) is 42.9 Å². The Balaban J connectivity index is 1.46. The Hall–Kier alpha value is -3.06. The van der Waals surface area contributed by atoms with Crippen molar-refractivity contribution in [3.05, 3.63) is 78.9 Å². The predicted octanol–water partition coefficient (Wildman–Crippen LogP) is 6.48. The maximum absolute atomic E-state index is 6.22. The molecule has 0 amide bonds. The molecule has 1 aliphatic rings. The molecule has 2 aromatic heterocycles. The minimum Gasteiger partial charge on any atom is -0.399 e. The van der Waals surface area contributed by atoms with Gasteiger partial charge >= 0.3 is 7.12 Å². The third-order valence-electron chi connectivity index (χ3n) is 6.96. The van der Waals surface area contributed by atoms with Crippen molar-refractivity contribution in [2.75, 3.05) is 0 Å². The summed E-state index contributed by atoms with van der Waals surface area (Å²) in [6.07, 6.45) is 0. The van der Waals surface area contributed by atoms with Crippen LogP contribution in [0.15, 0.2) is 78.9 Å². The third-order valence-corrected chi connectivity index (χ3v) is 8.13. The summed E-state index contributed by atoms with van der Waals surface area (Å²) in [5.41, 5.74) is 4.29. The highest BCUT2D eigenvalue weighted by atomic mass is 32.1. The summed E-state index contributed by atoms with van der Waals surface area (Å²) >= 11 is 1.75. The van der Waals surface area contributed by atoms with Crippen LogP contribution in [-0.2, 0) is 9.31 Å². The molecule has 34 heavy (non-hydrogen) atoms. The minimum absolute atomic E-state index is 0.366. The van der Waals surface area contributed by atoms with Crippen molar-refractivity contribution < 1.29 is 9.31 Å². The summed E-state index contributed by atoms with van der Waals surface area (Å²) in [5, 5.41) is 1.16. The summed E-state index contributed by atoms with van der Waals surface area (Å²) in [4.78, 5) is 10.1. The lowest BCUT2D eigenvalue weighted by atomic mass is 9.79. The van der Waals surface area contributed by atoms with E-state index in [9.17, 15) is 0 Å². The van der Waals surface area contributed by atoms with E-state index >= 15 is 0 Å². The highest BCUT2D eigenvalue weighted by Crippen LogP contribution is 2.39. The van der Waals surface area contributed by atoms with Gasteiger partial charge in [-0.05, 0) is 39.2 Å². The first-order valence-electron chi connectivity index (χ1n) is 11.5.